The lowest BCUT2D eigenvalue weighted by atomic mass is 10.2. The summed E-state index contributed by atoms with van der Waals surface area (Å²) in [5.41, 5.74) is -0.381. The fourth-order valence-electron chi connectivity index (χ4n) is 1.18. The predicted octanol–water partition coefficient (Wildman–Crippen LogP) is 0.228. The molecule has 1 amide bonds. The van der Waals surface area contributed by atoms with Gasteiger partial charge in [0.05, 0.1) is 19.2 Å². The fraction of sp³-hybridized carbons (Fsp3) is 0.273. The summed E-state index contributed by atoms with van der Waals surface area (Å²) in [4.78, 5) is 22.3. The van der Waals surface area contributed by atoms with E-state index in [4.69, 9.17) is 0 Å². The first-order valence-electron chi connectivity index (χ1n) is 4.95. The van der Waals surface area contributed by atoms with Crippen molar-refractivity contribution in [3.8, 4) is 0 Å². The molecule has 0 heterocycles. The van der Waals surface area contributed by atoms with Crippen molar-refractivity contribution in [2.24, 2.45) is 0 Å². The first-order valence-corrected chi connectivity index (χ1v) is 4.95. The van der Waals surface area contributed by atoms with Crippen LogP contribution >= 0.6 is 0 Å². The number of carbonyl (C=O) groups excluding carboxylic acids is 2. The van der Waals surface area contributed by atoms with E-state index in [1.165, 1.54) is 0 Å². The second kappa shape index (κ2) is 6.06. The summed E-state index contributed by atoms with van der Waals surface area (Å²) < 4.78 is 30.0. The van der Waals surface area contributed by atoms with Crippen LogP contribution in [0.3, 0.4) is 0 Å². The smallest absolute Gasteiger partial charge is 0.336 e. The number of ether oxygens (including phenoxy) is 1. The highest BCUT2D eigenvalue weighted by molar-refractivity contribution is 5.94. The van der Waals surface area contributed by atoms with Crippen molar-refractivity contribution in [2.75, 3.05) is 13.7 Å². The number of aliphatic hydroxyl groups is 1. The molecule has 0 fully saturated rings. The van der Waals surface area contributed by atoms with Gasteiger partial charge >= 0.3 is 5.97 Å². The average Bonchev–Trinajstić information content (AvgIpc) is 2.34. The Kier molecular flexibility index (Phi) is 4.73. The van der Waals surface area contributed by atoms with E-state index in [1.54, 1.807) is 0 Å². The highest BCUT2D eigenvalue weighted by atomic mass is 19.1. The second-order valence-electron chi connectivity index (χ2n) is 3.37. The molecule has 98 valence electrons. The number of benzene rings is 1. The number of rotatable bonds is 4. The van der Waals surface area contributed by atoms with E-state index in [0.29, 0.717) is 6.07 Å². The number of aliphatic hydroxyl groups excluding tert-OH is 1. The molecule has 1 rings (SSSR count). The van der Waals surface area contributed by atoms with Crippen molar-refractivity contribution in [2.45, 2.75) is 6.10 Å². The normalized spacial score (nSPS) is 11.8. The van der Waals surface area contributed by atoms with Crippen LogP contribution in [0.1, 0.15) is 10.4 Å². The van der Waals surface area contributed by atoms with E-state index < -0.39 is 36.2 Å². The SMILES string of the molecule is COC(=O)C(O)CNC(=O)c1ccc(F)cc1F. The third kappa shape index (κ3) is 3.49. The van der Waals surface area contributed by atoms with E-state index in [1.807, 2.05) is 0 Å². The molecular formula is C11H11F2NO4. The van der Waals surface area contributed by atoms with Gasteiger partial charge in [0.1, 0.15) is 11.6 Å². The molecule has 1 aromatic carbocycles. The van der Waals surface area contributed by atoms with Crippen molar-refractivity contribution >= 4 is 11.9 Å². The Bertz CT molecular complexity index is 464. The Morgan fingerprint density at radius 2 is 2.11 bits per heavy atom. The molecule has 0 bridgehead atoms. The largest absolute Gasteiger partial charge is 0.467 e. The molecule has 0 aliphatic rings. The summed E-state index contributed by atoms with van der Waals surface area (Å²) in [6.07, 6.45) is -1.54. The topological polar surface area (TPSA) is 75.6 Å². The lowest BCUT2D eigenvalue weighted by molar-refractivity contribution is -0.149. The van der Waals surface area contributed by atoms with Gasteiger partial charge in [-0.2, -0.15) is 0 Å². The number of methoxy groups -OCH3 is 1. The van der Waals surface area contributed by atoms with Gasteiger partial charge in [-0.3, -0.25) is 4.79 Å². The van der Waals surface area contributed by atoms with Crippen LogP contribution in [0, 0.1) is 11.6 Å². The number of hydrogen-bond donors (Lipinski definition) is 2. The molecule has 0 spiro atoms. The van der Waals surface area contributed by atoms with E-state index in [0.717, 1.165) is 19.2 Å². The van der Waals surface area contributed by atoms with Crippen LogP contribution < -0.4 is 5.32 Å². The number of amides is 1. The average molecular weight is 259 g/mol. The maximum atomic E-state index is 13.2. The van der Waals surface area contributed by atoms with Gasteiger partial charge in [-0.25, -0.2) is 13.6 Å². The first kappa shape index (κ1) is 14.0. The summed E-state index contributed by atoms with van der Waals surface area (Å²) >= 11 is 0. The molecule has 0 aromatic heterocycles. The number of halogens is 2. The van der Waals surface area contributed by atoms with Crippen molar-refractivity contribution < 1.29 is 28.2 Å². The Morgan fingerprint density at radius 3 is 2.67 bits per heavy atom. The number of carbonyl (C=O) groups is 2. The van der Waals surface area contributed by atoms with Crippen molar-refractivity contribution in [3.63, 3.8) is 0 Å². The molecule has 18 heavy (non-hydrogen) atoms. The molecule has 1 aromatic rings. The van der Waals surface area contributed by atoms with Crippen LogP contribution in [0.2, 0.25) is 0 Å². The van der Waals surface area contributed by atoms with Gasteiger partial charge in [0.2, 0.25) is 0 Å². The molecular weight excluding hydrogens is 248 g/mol. The summed E-state index contributed by atoms with van der Waals surface area (Å²) in [6, 6.07) is 2.45. The quantitative estimate of drug-likeness (QED) is 0.759. The van der Waals surface area contributed by atoms with E-state index >= 15 is 0 Å². The maximum absolute atomic E-state index is 13.2. The fourth-order valence-corrected chi connectivity index (χ4v) is 1.18. The van der Waals surface area contributed by atoms with E-state index in [-0.39, 0.29) is 5.56 Å². The minimum absolute atomic E-state index is 0.381. The monoisotopic (exact) mass is 259 g/mol. The third-order valence-electron chi connectivity index (χ3n) is 2.10. The molecule has 5 nitrogen and oxygen atoms in total. The summed E-state index contributed by atoms with van der Waals surface area (Å²) in [5.74, 6) is -3.62. The second-order valence-corrected chi connectivity index (χ2v) is 3.37. The Balaban J connectivity index is 2.63. The minimum atomic E-state index is -1.54. The highest BCUT2D eigenvalue weighted by Crippen LogP contribution is 2.09. The standard InChI is InChI=1S/C11H11F2NO4/c1-18-11(17)9(15)5-14-10(16)7-3-2-6(12)4-8(7)13/h2-4,9,15H,5H2,1H3,(H,14,16). The minimum Gasteiger partial charge on any atom is -0.467 e. The Morgan fingerprint density at radius 1 is 1.44 bits per heavy atom. The Labute approximate surface area is 101 Å². The molecule has 0 aliphatic heterocycles. The molecule has 1 unspecified atom stereocenters. The zero-order chi connectivity index (χ0) is 13.7. The van der Waals surface area contributed by atoms with Crippen LogP contribution in [0.5, 0.6) is 0 Å². The van der Waals surface area contributed by atoms with Gasteiger partial charge in [0, 0.05) is 6.07 Å². The van der Waals surface area contributed by atoms with Gasteiger partial charge in [-0.05, 0) is 12.1 Å². The highest BCUT2D eigenvalue weighted by Gasteiger charge is 2.18. The Hall–Kier alpha value is -2.02. The zero-order valence-electron chi connectivity index (χ0n) is 9.44. The van der Waals surface area contributed by atoms with Gasteiger partial charge in [0.25, 0.3) is 5.91 Å². The molecule has 0 radical (unpaired) electrons. The lowest BCUT2D eigenvalue weighted by Crippen LogP contribution is -2.37. The summed E-state index contributed by atoms with van der Waals surface area (Å²) in [5, 5.41) is 11.3. The molecule has 1 atom stereocenters. The number of hydrogen-bond acceptors (Lipinski definition) is 4. The molecule has 0 saturated heterocycles. The number of nitrogens with one attached hydrogen (secondary N) is 1. The van der Waals surface area contributed by atoms with Crippen molar-refractivity contribution in [1.29, 1.82) is 0 Å². The van der Waals surface area contributed by atoms with E-state index in [2.05, 4.69) is 10.1 Å². The number of esters is 1. The van der Waals surface area contributed by atoms with Crippen LogP contribution in [0.15, 0.2) is 18.2 Å². The van der Waals surface area contributed by atoms with Crippen LogP contribution in [0.25, 0.3) is 0 Å². The van der Waals surface area contributed by atoms with Crippen LogP contribution in [0.4, 0.5) is 8.78 Å². The predicted molar refractivity (Wildman–Crippen MR) is 56.7 cm³/mol. The van der Waals surface area contributed by atoms with Crippen molar-refractivity contribution in [1.82, 2.24) is 5.32 Å². The summed E-state index contributed by atoms with van der Waals surface area (Å²) in [6.45, 7) is -0.428. The maximum Gasteiger partial charge on any atom is 0.336 e. The van der Waals surface area contributed by atoms with E-state index in [9.17, 15) is 23.5 Å². The molecule has 0 aliphatic carbocycles. The first-order chi connectivity index (χ1) is 8.45. The van der Waals surface area contributed by atoms with Crippen molar-refractivity contribution in [3.05, 3.63) is 35.4 Å². The van der Waals surface area contributed by atoms with Crippen LogP contribution in [-0.2, 0) is 9.53 Å². The molecule has 2 N–H and O–H groups in total. The summed E-state index contributed by atoms with van der Waals surface area (Å²) in [7, 11) is 1.08. The zero-order valence-corrected chi connectivity index (χ0v) is 9.44. The lowest BCUT2D eigenvalue weighted by Gasteiger charge is -2.10. The van der Waals surface area contributed by atoms with Crippen LogP contribution in [-0.4, -0.2) is 36.7 Å². The van der Waals surface area contributed by atoms with Gasteiger partial charge in [-0.1, -0.05) is 0 Å². The molecule has 0 saturated carbocycles. The third-order valence-corrected chi connectivity index (χ3v) is 2.10. The molecule has 7 heteroatoms. The van der Waals surface area contributed by atoms with Gasteiger partial charge < -0.3 is 15.2 Å². The van der Waals surface area contributed by atoms with Gasteiger partial charge in [-0.15, -0.1) is 0 Å². The van der Waals surface area contributed by atoms with Gasteiger partial charge in [0.15, 0.2) is 6.10 Å².